The van der Waals surface area contributed by atoms with Crippen molar-refractivity contribution in [2.75, 3.05) is 13.2 Å². The molecule has 3 nitrogen and oxygen atoms in total. The van der Waals surface area contributed by atoms with Gasteiger partial charge in [0.1, 0.15) is 0 Å². The van der Waals surface area contributed by atoms with Crippen LogP contribution in [0.2, 0.25) is 0 Å². The van der Waals surface area contributed by atoms with Crippen molar-refractivity contribution < 1.29 is 9.90 Å². The summed E-state index contributed by atoms with van der Waals surface area (Å²) in [5.41, 5.74) is 2.48. The van der Waals surface area contributed by atoms with E-state index in [-0.39, 0.29) is 12.5 Å². The van der Waals surface area contributed by atoms with Crippen LogP contribution in [0.15, 0.2) is 18.2 Å². The highest BCUT2D eigenvalue weighted by Crippen LogP contribution is 2.10. The first-order valence-electron chi connectivity index (χ1n) is 7.60. The topological polar surface area (TPSA) is 49.3 Å². The lowest BCUT2D eigenvalue weighted by atomic mass is 10.0. The minimum Gasteiger partial charge on any atom is -0.395 e. The van der Waals surface area contributed by atoms with Gasteiger partial charge in [-0.3, -0.25) is 4.79 Å². The average molecular weight is 287 g/mol. The summed E-state index contributed by atoms with van der Waals surface area (Å²) >= 11 is 0. The molecule has 0 heterocycles. The third kappa shape index (κ3) is 6.01. The van der Waals surface area contributed by atoms with Crippen LogP contribution in [-0.2, 0) is 0 Å². The van der Waals surface area contributed by atoms with Crippen LogP contribution in [0.3, 0.4) is 0 Å². The number of hydrogen-bond donors (Lipinski definition) is 2. The van der Waals surface area contributed by atoms with E-state index in [0.717, 1.165) is 24.0 Å². The fourth-order valence-corrected chi connectivity index (χ4v) is 2.12. The van der Waals surface area contributed by atoms with E-state index in [1.165, 1.54) is 0 Å². The van der Waals surface area contributed by atoms with Gasteiger partial charge in [-0.15, -0.1) is 0 Å². The van der Waals surface area contributed by atoms with Gasteiger partial charge in [-0.2, -0.15) is 0 Å². The van der Waals surface area contributed by atoms with Crippen LogP contribution in [0.4, 0.5) is 0 Å². The number of aryl methyl sites for hydroxylation is 1. The van der Waals surface area contributed by atoms with Crippen LogP contribution >= 0.6 is 0 Å². The van der Waals surface area contributed by atoms with Crippen molar-refractivity contribution in [3.05, 3.63) is 34.9 Å². The van der Waals surface area contributed by atoms with Crippen LogP contribution in [0, 0.1) is 24.7 Å². The number of amides is 1. The van der Waals surface area contributed by atoms with E-state index in [1.807, 2.05) is 19.1 Å². The Bertz CT molecular complexity index is 522. The van der Waals surface area contributed by atoms with E-state index in [9.17, 15) is 4.79 Å². The minimum atomic E-state index is -0.0455. The predicted octanol–water partition coefficient (Wildman–Crippen LogP) is 2.89. The van der Waals surface area contributed by atoms with Crippen molar-refractivity contribution in [2.45, 2.75) is 40.0 Å². The molecule has 0 fully saturated rings. The van der Waals surface area contributed by atoms with E-state index in [1.54, 1.807) is 6.07 Å². The van der Waals surface area contributed by atoms with Gasteiger partial charge in [0.2, 0.25) is 0 Å². The van der Waals surface area contributed by atoms with E-state index in [2.05, 4.69) is 31.0 Å². The Morgan fingerprint density at radius 1 is 1.29 bits per heavy atom. The van der Waals surface area contributed by atoms with Crippen LogP contribution in [0.25, 0.3) is 0 Å². The van der Waals surface area contributed by atoms with Crippen molar-refractivity contribution in [3.8, 4) is 11.8 Å². The summed E-state index contributed by atoms with van der Waals surface area (Å²) in [5, 5.41) is 11.7. The molecule has 0 saturated carbocycles. The van der Waals surface area contributed by atoms with Gasteiger partial charge in [0.15, 0.2) is 0 Å². The summed E-state index contributed by atoms with van der Waals surface area (Å²) in [5.74, 6) is 6.35. The van der Waals surface area contributed by atoms with Crippen molar-refractivity contribution in [1.82, 2.24) is 5.32 Å². The molecule has 0 spiro atoms. The molecule has 3 heteroatoms. The average Bonchev–Trinajstić information content (AvgIpc) is 2.47. The van der Waals surface area contributed by atoms with Gasteiger partial charge >= 0.3 is 0 Å². The summed E-state index contributed by atoms with van der Waals surface area (Å²) < 4.78 is 0. The zero-order chi connectivity index (χ0) is 15.7. The van der Waals surface area contributed by atoms with Gasteiger partial charge in [0.25, 0.3) is 5.91 Å². The maximum absolute atomic E-state index is 12.2. The number of carbonyl (C=O) groups is 1. The molecular weight excluding hydrogens is 262 g/mol. The van der Waals surface area contributed by atoms with Crippen molar-refractivity contribution >= 4 is 5.91 Å². The maximum Gasteiger partial charge on any atom is 0.251 e. The maximum atomic E-state index is 12.2. The van der Waals surface area contributed by atoms with E-state index >= 15 is 0 Å². The Morgan fingerprint density at radius 3 is 2.62 bits per heavy atom. The van der Waals surface area contributed by atoms with Crippen molar-refractivity contribution in [2.24, 2.45) is 5.92 Å². The molecule has 0 aliphatic carbocycles. The van der Waals surface area contributed by atoms with Crippen LogP contribution in [0.1, 0.15) is 54.6 Å². The van der Waals surface area contributed by atoms with E-state index in [4.69, 9.17) is 5.11 Å². The first-order chi connectivity index (χ1) is 10.1. The number of carbonyl (C=O) groups excluding carboxylic acids is 1. The smallest absolute Gasteiger partial charge is 0.251 e. The third-order valence-electron chi connectivity index (χ3n) is 3.52. The third-order valence-corrected chi connectivity index (χ3v) is 3.52. The molecule has 0 unspecified atom stereocenters. The standard InChI is InChI=1S/C18H25NO2/c1-4-15(5-2)13-19-18(21)17-11-14(3)10-16(12-17)8-6-7-9-20/h10-12,15,20H,4-5,7,9,13H2,1-3H3,(H,19,21). The van der Waals surface area contributed by atoms with Gasteiger partial charge < -0.3 is 10.4 Å². The molecule has 1 aromatic rings. The number of nitrogens with one attached hydrogen (secondary N) is 1. The minimum absolute atomic E-state index is 0.0455. The van der Waals surface area contributed by atoms with Gasteiger partial charge in [0.05, 0.1) is 6.61 Å². The second-order valence-corrected chi connectivity index (χ2v) is 5.26. The number of rotatable bonds is 6. The highest BCUT2D eigenvalue weighted by Gasteiger charge is 2.09. The Hall–Kier alpha value is -1.79. The number of hydrogen-bond acceptors (Lipinski definition) is 2. The number of aliphatic hydroxyl groups excluding tert-OH is 1. The molecule has 1 amide bonds. The molecule has 0 aliphatic heterocycles. The first kappa shape index (κ1) is 17.3. The molecule has 0 aromatic heterocycles. The zero-order valence-corrected chi connectivity index (χ0v) is 13.2. The molecular formula is C18H25NO2. The Balaban J connectivity index is 2.78. The summed E-state index contributed by atoms with van der Waals surface area (Å²) in [6.07, 6.45) is 2.59. The normalized spacial score (nSPS) is 10.1. The second kappa shape index (κ2) is 9.20. The second-order valence-electron chi connectivity index (χ2n) is 5.26. The van der Waals surface area contributed by atoms with Crippen LogP contribution in [-0.4, -0.2) is 24.2 Å². The quantitative estimate of drug-likeness (QED) is 0.790. The molecule has 0 atom stereocenters. The monoisotopic (exact) mass is 287 g/mol. The molecule has 1 rings (SSSR count). The SMILES string of the molecule is CCC(CC)CNC(=O)c1cc(C)cc(C#CCCO)c1. The highest BCUT2D eigenvalue weighted by atomic mass is 16.2. The van der Waals surface area contributed by atoms with E-state index < -0.39 is 0 Å². The number of benzene rings is 1. The summed E-state index contributed by atoms with van der Waals surface area (Å²) in [6, 6.07) is 5.63. The van der Waals surface area contributed by atoms with Gasteiger partial charge in [-0.25, -0.2) is 0 Å². The summed E-state index contributed by atoms with van der Waals surface area (Å²) in [7, 11) is 0. The zero-order valence-electron chi connectivity index (χ0n) is 13.2. The molecule has 0 radical (unpaired) electrons. The Morgan fingerprint density at radius 2 is 2.00 bits per heavy atom. The predicted molar refractivity (Wildman–Crippen MR) is 86.2 cm³/mol. The lowest BCUT2D eigenvalue weighted by molar-refractivity contribution is 0.0946. The van der Waals surface area contributed by atoms with Gasteiger partial charge in [0, 0.05) is 24.1 Å². The van der Waals surface area contributed by atoms with Gasteiger partial charge in [-0.1, -0.05) is 38.5 Å². The summed E-state index contributed by atoms with van der Waals surface area (Å²) in [6.45, 7) is 7.01. The largest absolute Gasteiger partial charge is 0.395 e. The summed E-state index contributed by atoms with van der Waals surface area (Å²) in [4.78, 5) is 12.2. The fraction of sp³-hybridized carbons (Fsp3) is 0.500. The molecule has 2 N–H and O–H groups in total. The van der Waals surface area contributed by atoms with Gasteiger partial charge in [-0.05, 0) is 36.6 Å². The van der Waals surface area contributed by atoms with Crippen molar-refractivity contribution in [1.29, 1.82) is 0 Å². The van der Waals surface area contributed by atoms with Crippen LogP contribution in [0.5, 0.6) is 0 Å². The lowest BCUT2D eigenvalue weighted by Crippen LogP contribution is -2.29. The fourth-order valence-electron chi connectivity index (χ4n) is 2.12. The van der Waals surface area contributed by atoms with Crippen molar-refractivity contribution in [3.63, 3.8) is 0 Å². The molecule has 1 aromatic carbocycles. The Labute approximate surface area is 127 Å². The Kier molecular flexibility index (Phi) is 7.56. The number of aliphatic hydroxyl groups is 1. The first-order valence-corrected chi connectivity index (χ1v) is 7.60. The molecule has 114 valence electrons. The van der Waals surface area contributed by atoms with E-state index in [0.29, 0.717) is 24.4 Å². The molecule has 0 bridgehead atoms. The molecule has 0 aliphatic rings. The van der Waals surface area contributed by atoms with Crippen LogP contribution < -0.4 is 5.32 Å². The lowest BCUT2D eigenvalue weighted by Gasteiger charge is -2.13. The highest BCUT2D eigenvalue weighted by molar-refractivity contribution is 5.94. The molecule has 0 saturated heterocycles. The molecule has 21 heavy (non-hydrogen) atoms.